The van der Waals surface area contributed by atoms with Crippen LogP contribution in [0.25, 0.3) is 10.9 Å². The number of rotatable bonds is 2. The van der Waals surface area contributed by atoms with Gasteiger partial charge in [-0.3, -0.25) is 4.98 Å². The number of pyridine rings is 1. The quantitative estimate of drug-likeness (QED) is 0.779. The topological polar surface area (TPSA) is 37.0 Å². The van der Waals surface area contributed by atoms with Crippen molar-refractivity contribution in [3.8, 4) is 0 Å². The van der Waals surface area contributed by atoms with Crippen molar-refractivity contribution in [3.63, 3.8) is 0 Å². The minimum absolute atomic E-state index is 0.626. The molecule has 1 heterocycles. The van der Waals surface area contributed by atoms with E-state index in [9.17, 15) is 0 Å². The number of anilines is 1. The SMILES string of the molecule is CCNC(=S)Nc1cccc2cccnc12. The zero-order valence-electron chi connectivity index (χ0n) is 9.03. The smallest absolute Gasteiger partial charge is 0.170 e. The highest BCUT2D eigenvalue weighted by Crippen LogP contribution is 2.20. The number of hydrogen-bond acceptors (Lipinski definition) is 2. The van der Waals surface area contributed by atoms with Crippen LogP contribution in [-0.4, -0.2) is 16.6 Å². The molecule has 0 aliphatic rings. The number of hydrogen-bond donors (Lipinski definition) is 2. The Balaban J connectivity index is 2.33. The van der Waals surface area contributed by atoms with Crippen molar-refractivity contribution >= 4 is 33.9 Å². The molecule has 0 amide bonds. The van der Waals surface area contributed by atoms with Gasteiger partial charge in [-0.25, -0.2) is 0 Å². The van der Waals surface area contributed by atoms with Crippen LogP contribution in [-0.2, 0) is 0 Å². The number of nitrogens with zero attached hydrogens (tertiary/aromatic N) is 1. The summed E-state index contributed by atoms with van der Waals surface area (Å²) >= 11 is 5.15. The van der Waals surface area contributed by atoms with Crippen molar-refractivity contribution in [1.29, 1.82) is 0 Å². The van der Waals surface area contributed by atoms with Crippen molar-refractivity contribution in [2.75, 3.05) is 11.9 Å². The van der Waals surface area contributed by atoms with Gasteiger partial charge in [0.25, 0.3) is 0 Å². The van der Waals surface area contributed by atoms with Crippen LogP contribution in [0.4, 0.5) is 5.69 Å². The van der Waals surface area contributed by atoms with E-state index in [1.807, 2.05) is 37.3 Å². The van der Waals surface area contributed by atoms with Gasteiger partial charge in [0, 0.05) is 18.1 Å². The fourth-order valence-corrected chi connectivity index (χ4v) is 1.79. The van der Waals surface area contributed by atoms with E-state index in [4.69, 9.17) is 12.2 Å². The summed E-state index contributed by atoms with van der Waals surface area (Å²) in [5.41, 5.74) is 1.87. The number of thiocarbonyl (C=S) groups is 1. The van der Waals surface area contributed by atoms with Gasteiger partial charge in [0.05, 0.1) is 11.2 Å². The first kappa shape index (κ1) is 10.8. The molecular formula is C12H13N3S. The molecule has 0 radical (unpaired) electrons. The highest BCUT2D eigenvalue weighted by molar-refractivity contribution is 7.80. The summed E-state index contributed by atoms with van der Waals surface area (Å²) < 4.78 is 0. The standard InChI is InChI=1S/C12H13N3S/c1-2-13-12(16)15-10-7-3-5-9-6-4-8-14-11(9)10/h3-8H,2H2,1H3,(H2,13,15,16). The second kappa shape index (κ2) is 4.90. The second-order valence-corrected chi connectivity index (χ2v) is 3.77. The maximum absolute atomic E-state index is 5.15. The third-order valence-electron chi connectivity index (χ3n) is 2.22. The summed E-state index contributed by atoms with van der Waals surface area (Å²) in [6.45, 7) is 2.82. The van der Waals surface area contributed by atoms with Gasteiger partial charge in [-0.2, -0.15) is 0 Å². The van der Waals surface area contributed by atoms with Gasteiger partial charge < -0.3 is 10.6 Å². The van der Waals surface area contributed by atoms with Crippen LogP contribution in [0.15, 0.2) is 36.5 Å². The number of aromatic nitrogens is 1. The molecule has 0 spiro atoms. The van der Waals surface area contributed by atoms with Crippen LogP contribution in [0.1, 0.15) is 6.92 Å². The van der Waals surface area contributed by atoms with E-state index in [0.29, 0.717) is 5.11 Å². The number of para-hydroxylation sites is 1. The molecule has 0 unspecified atom stereocenters. The van der Waals surface area contributed by atoms with Gasteiger partial charge in [-0.15, -0.1) is 0 Å². The monoisotopic (exact) mass is 231 g/mol. The molecule has 0 saturated carbocycles. The van der Waals surface area contributed by atoms with Crippen LogP contribution in [0.2, 0.25) is 0 Å². The van der Waals surface area contributed by atoms with Crippen LogP contribution in [0, 0.1) is 0 Å². The van der Waals surface area contributed by atoms with E-state index in [2.05, 4.69) is 15.6 Å². The van der Waals surface area contributed by atoms with E-state index in [1.54, 1.807) is 6.20 Å². The average Bonchev–Trinajstić information content (AvgIpc) is 2.30. The molecule has 2 N–H and O–H groups in total. The van der Waals surface area contributed by atoms with Gasteiger partial charge in [-0.05, 0) is 31.3 Å². The molecule has 4 heteroatoms. The minimum Gasteiger partial charge on any atom is -0.363 e. The zero-order chi connectivity index (χ0) is 11.4. The van der Waals surface area contributed by atoms with Gasteiger partial charge in [-0.1, -0.05) is 18.2 Å². The lowest BCUT2D eigenvalue weighted by Crippen LogP contribution is -2.28. The van der Waals surface area contributed by atoms with E-state index >= 15 is 0 Å². The summed E-state index contributed by atoms with van der Waals surface area (Å²) in [5.74, 6) is 0. The molecule has 0 aliphatic heterocycles. The molecule has 16 heavy (non-hydrogen) atoms. The summed E-state index contributed by atoms with van der Waals surface area (Å²) in [7, 11) is 0. The van der Waals surface area contributed by atoms with Gasteiger partial charge in [0.2, 0.25) is 0 Å². The zero-order valence-corrected chi connectivity index (χ0v) is 9.84. The van der Waals surface area contributed by atoms with E-state index in [0.717, 1.165) is 23.1 Å². The highest BCUT2D eigenvalue weighted by Gasteiger charge is 2.02. The Morgan fingerprint density at radius 2 is 2.12 bits per heavy atom. The lowest BCUT2D eigenvalue weighted by molar-refractivity contribution is 0.979. The Morgan fingerprint density at radius 1 is 1.31 bits per heavy atom. The fraction of sp³-hybridized carbons (Fsp3) is 0.167. The predicted molar refractivity (Wildman–Crippen MR) is 71.6 cm³/mol. The largest absolute Gasteiger partial charge is 0.363 e. The van der Waals surface area contributed by atoms with Gasteiger partial charge in [0.15, 0.2) is 5.11 Å². The molecule has 1 aromatic carbocycles. The van der Waals surface area contributed by atoms with Crippen molar-refractivity contribution in [2.45, 2.75) is 6.92 Å². The maximum atomic E-state index is 5.15. The van der Waals surface area contributed by atoms with Crippen molar-refractivity contribution in [2.24, 2.45) is 0 Å². The Hall–Kier alpha value is -1.68. The summed E-state index contributed by atoms with van der Waals surface area (Å²) in [5, 5.41) is 7.92. The normalized spacial score (nSPS) is 10.1. The first-order valence-corrected chi connectivity index (χ1v) is 5.60. The van der Waals surface area contributed by atoms with Gasteiger partial charge >= 0.3 is 0 Å². The molecule has 0 aliphatic carbocycles. The second-order valence-electron chi connectivity index (χ2n) is 3.37. The lowest BCUT2D eigenvalue weighted by atomic mass is 10.2. The molecule has 0 saturated heterocycles. The molecule has 2 rings (SSSR count). The Morgan fingerprint density at radius 3 is 2.94 bits per heavy atom. The van der Waals surface area contributed by atoms with Crippen LogP contribution < -0.4 is 10.6 Å². The molecule has 0 fully saturated rings. The molecule has 1 aromatic heterocycles. The summed E-state index contributed by atoms with van der Waals surface area (Å²) in [6.07, 6.45) is 1.78. The van der Waals surface area contributed by atoms with Crippen LogP contribution >= 0.6 is 12.2 Å². The summed E-state index contributed by atoms with van der Waals surface area (Å²) in [4.78, 5) is 4.34. The van der Waals surface area contributed by atoms with E-state index in [1.165, 1.54) is 0 Å². The van der Waals surface area contributed by atoms with Gasteiger partial charge in [0.1, 0.15) is 0 Å². The molecule has 3 nitrogen and oxygen atoms in total. The predicted octanol–water partition coefficient (Wildman–Crippen LogP) is 2.54. The van der Waals surface area contributed by atoms with E-state index < -0.39 is 0 Å². The lowest BCUT2D eigenvalue weighted by Gasteiger charge is -2.10. The van der Waals surface area contributed by atoms with Crippen LogP contribution in [0.5, 0.6) is 0 Å². The third-order valence-corrected chi connectivity index (χ3v) is 2.46. The van der Waals surface area contributed by atoms with Crippen molar-refractivity contribution < 1.29 is 0 Å². The highest BCUT2D eigenvalue weighted by atomic mass is 32.1. The third kappa shape index (κ3) is 2.28. The molecule has 0 bridgehead atoms. The Kier molecular flexibility index (Phi) is 3.31. The summed E-state index contributed by atoms with van der Waals surface area (Å²) in [6, 6.07) is 9.95. The van der Waals surface area contributed by atoms with Crippen LogP contribution in [0.3, 0.4) is 0 Å². The molecular weight excluding hydrogens is 218 g/mol. The first-order chi connectivity index (χ1) is 7.81. The number of nitrogens with one attached hydrogen (secondary N) is 2. The molecule has 0 atom stereocenters. The fourth-order valence-electron chi connectivity index (χ4n) is 1.53. The Bertz CT molecular complexity index is 505. The first-order valence-electron chi connectivity index (χ1n) is 5.20. The average molecular weight is 231 g/mol. The Labute approximate surface area is 99.9 Å². The molecule has 82 valence electrons. The number of fused-ring (bicyclic) bond motifs is 1. The minimum atomic E-state index is 0.626. The number of benzene rings is 1. The van der Waals surface area contributed by atoms with E-state index in [-0.39, 0.29) is 0 Å². The van der Waals surface area contributed by atoms with Crippen molar-refractivity contribution in [1.82, 2.24) is 10.3 Å². The van der Waals surface area contributed by atoms with Crippen molar-refractivity contribution in [3.05, 3.63) is 36.5 Å². The molecule has 2 aromatic rings. The maximum Gasteiger partial charge on any atom is 0.170 e.